The highest BCUT2D eigenvalue weighted by molar-refractivity contribution is 5.95. The molecular weight excluding hydrogens is 578 g/mol. The van der Waals surface area contributed by atoms with Crippen molar-refractivity contribution in [2.75, 3.05) is 6.54 Å². The predicted octanol–water partition coefficient (Wildman–Crippen LogP) is 0.374. The maximum atomic E-state index is 13.8. The van der Waals surface area contributed by atoms with Gasteiger partial charge in [-0.3, -0.25) is 19.4 Å². The predicted molar refractivity (Wildman–Crippen MR) is 171 cm³/mol. The van der Waals surface area contributed by atoms with Crippen molar-refractivity contribution in [1.29, 1.82) is 0 Å². The Bertz CT molecular complexity index is 1690. The second-order valence-electron chi connectivity index (χ2n) is 10.9. The standard InChI is InChI=1S/C31H39N9O5/c1-17(32)27(41)38-24(11-6-12-35-31(33)34)28(42)39-25(13-18-15-36-22-9-4-2-7-20(18)22)29(43)40-26(30(44)45)14-19-16-37-23-10-5-3-8-21(19)23/h2-5,7-10,15-17,24-26,36-37H,6,11-14,32H2,1H3,(H,38,41)(H,39,42)(H,40,43)(H,44,45)(H4,33,34,35). The molecule has 0 saturated carbocycles. The molecule has 4 aromatic rings. The number of hydrogen-bond acceptors (Lipinski definition) is 6. The van der Waals surface area contributed by atoms with Gasteiger partial charge in [0.1, 0.15) is 18.1 Å². The maximum absolute atomic E-state index is 13.8. The fourth-order valence-electron chi connectivity index (χ4n) is 5.07. The summed E-state index contributed by atoms with van der Waals surface area (Å²) in [6.07, 6.45) is 4.01. The molecule has 2 aromatic carbocycles. The number of carboxylic acids is 1. The van der Waals surface area contributed by atoms with Crippen LogP contribution in [0, 0.1) is 0 Å². The lowest BCUT2D eigenvalue weighted by molar-refractivity contribution is -0.142. The van der Waals surface area contributed by atoms with Crippen molar-refractivity contribution < 1.29 is 24.3 Å². The highest BCUT2D eigenvalue weighted by atomic mass is 16.4. The molecule has 2 heterocycles. The van der Waals surface area contributed by atoms with Crippen LogP contribution in [0.4, 0.5) is 0 Å². The number of aliphatic carboxylic acids is 1. The molecule has 0 radical (unpaired) electrons. The minimum absolute atomic E-state index is 0.0106. The van der Waals surface area contributed by atoms with Gasteiger partial charge in [-0.25, -0.2) is 4.79 Å². The number of aromatic nitrogens is 2. The third kappa shape index (κ3) is 8.60. The minimum atomic E-state index is -1.28. The van der Waals surface area contributed by atoms with Crippen molar-refractivity contribution in [3.8, 4) is 0 Å². The lowest BCUT2D eigenvalue weighted by atomic mass is 10.0. The van der Waals surface area contributed by atoms with E-state index in [-0.39, 0.29) is 31.8 Å². The van der Waals surface area contributed by atoms with Gasteiger partial charge in [-0.1, -0.05) is 36.4 Å². The molecule has 12 N–H and O–H groups in total. The van der Waals surface area contributed by atoms with Gasteiger partial charge in [0.05, 0.1) is 6.04 Å². The highest BCUT2D eigenvalue weighted by Gasteiger charge is 2.31. The molecule has 0 bridgehead atoms. The Hall–Kier alpha value is -5.37. The molecule has 0 aliphatic carbocycles. The Morgan fingerprint density at radius 3 is 1.80 bits per heavy atom. The SMILES string of the molecule is CC(N)C(=O)NC(CCCN=C(N)N)C(=O)NC(Cc1c[nH]c2ccccc12)C(=O)NC(Cc1c[nH]c2ccccc12)C(=O)O. The Labute approximate surface area is 259 Å². The summed E-state index contributed by atoms with van der Waals surface area (Å²) in [5, 5.41) is 19.7. The molecule has 0 spiro atoms. The van der Waals surface area contributed by atoms with E-state index in [1.165, 1.54) is 6.92 Å². The summed E-state index contributed by atoms with van der Waals surface area (Å²) in [7, 11) is 0. The molecule has 3 amide bonds. The summed E-state index contributed by atoms with van der Waals surface area (Å²) < 4.78 is 0. The number of guanidine groups is 1. The number of carboxylic acid groups (broad SMARTS) is 1. The number of carbonyl (C=O) groups excluding carboxylic acids is 3. The number of carbonyl (C=O) groups is 4. The third-order valence-electron chi connectivity index (χ3n) is 7.44. The average Bonchev–Trinajstić information content (AvgIpc) is 3.61. The van der Waals surface area contributed by atoms with Gasteiger partial charge < -0.3 is 48.2 Å². The fraction of sp³-hybridized carbons (Fsp3) is 0.323. The van der Waals surface area contributed by atoms with E-state index in [2.05, 4.69) is 30.9 Å². The van der Waals surface area contributed by atoms with Crippen LogP contribution in [0.1, 0.15) is 30.9 Å². The maximum Gasteiger partial charge on any atom is 0.326 e. The molecule has 4 atom stereocenters. The number of H-pyrrole nitrogens is 2. The Kier molecular flexibility index (Phi) is 10.8. The fourth-order valence-corrected chi connectivity index (χ4v) is 5.07. The molecule has 0 saturated heterocycles. The number of aromatic amines is 2. The van der Waals surface area contributed by atoms with Crippen molar-refractivity contribution in [2.24, 2.45) is 22.2 Å². The Balaban J connectivity index is 1.58. The number of nitrogens with two attached hydrogens (primary N) is 3. The zero-order valence-corrected chi connectivity index (χ0v) is 24.9. The molecule has 45 heavy (non-hydrogen) atoms. The number of benzene rings is 2. The van der Waals surface area contributed by atoms with E-state index in [0.717, 1.165) is 32.9 Å². The van der Waals surface area contributed by atoms with E-state index in [9.17, 15) is 24.3 Å². The summed E-state index contributed by atoms with van der Waals surface area (Å²) in [5.41, 5.74) is 19.6. The van der Waals surface area contributed by atoms with E-state index in [0.29, 0.717) is 6.42 Å². The first-order valence-corrected chi connectivity index (χ1v) is 14.6. The molecule has 0 aliphatic rings. The second-order valence-corrected chi connectivity index (χ2v) is 10.9. The van der Waals surface area contributed by atoms with E-state index in [1.54, 1.807) is 12.4 Å². The van der Waals surface area contributed by atoms with Crippen LogP contribution in [-0.4, -0.2) is 75.4 Å². The summed E-state index contributed by atoms with van der Waals surface area (Å²) in [6, 6.07) is 10.5. The zero-order chi connectivity index (χ0) is 32.5. The smallest absolute Gasteiger partial charge is 0.326 e. The zero-order valence-electron chi connectivity index (χ0n) is 24.9. The van der Waals surface area contributed by atoms with Gasteiger partial charge in [0.25, 0.3) is 0 Å². The Morgan fingerprint density at radius 2 is 1.27 bits per heavy atom. The van der Waals surface area contributed by atoms with Crippen LogP contribution in [0.25, 0.3) is 21.8 Å². The lowest BCUT2D eigenvalue weighted by Crippen LogP contribution is -2.57. The largest absolute Gasteiger partial charge is 0.480 e. The van der Waals surface area contributed by atoms with Gasteiger partial charge in [-0.05, 0) is 43.0 Å². The first-order valence-electron chi connectivity index (χ1n) is 14.6. The molecule has 4 rings (SSSR count). The molecule has 0 fully saturated rings. The van der Waals surface area contributed by atoms with Gasteiger partial charge >= 0.3 is 5.97 Å². The van der Waals surface area contributed by atoms with Crippen LogP contribution in [0.2, 0.25) is 0 Å². The van der Waals surface area contributed by atoms with Crippen LogP contribution in [0.3, 0.4) is 0 Å². The highest BCUT2D eigenvalue weighted by Crippen LogP contribution is 2.21. The number of rotatable bonds is 15. The third-order valence-corrected chi connectivity index (χ3v) is 7.44. The lowest BCUT2D eigenvalue weighted by Gasteiger charge is -2.25. The van der Waals surface area contributed by atoms with Crippen molar-refractivity contribution in [3.05, 3.63) is 72.1 Å². The normalized spacial score (nSPS) is 13.8. The van der Waals surface area contributed by atoms with Gasteiger partial charge in [0, 0.05) is 53.6 Å². The van der Waals surface area contributed by atoms with Gasteiger partial charge in [-0.2, -0.15) is 0 Å². The van der Waals surface area contributed by atoms with Crippen molar-refractivity contribution in [2.45, 2.75) is 56.8 Å². The number of fused-ring (bicyclic) bond motifs is 2. The first kappa shape index (κ1) is 32.5. The van der Waals surface area contributed by atoms with Crippen LogP contribution >= 0.6 is 0 Å². The van der Waals surface area contributed by atoms with Crippen molar-refractivity contribution >= 4 is 51.5 Å². The van der Waals surface area contributed by atoms with Gasteiger partial charge in [0.2, 0.25) is 17.7 Å². The first-order chi connectivity index (χ1) is 21.5. The molecule has 2 aromatic heterocycles. The molecule has 238 valence electrons. The van der Waals surface area contributed by atoms with Crippen LogP contribution in [0.15, 0.2) is 65.9 Å². The summed E-state index contributed by atoms with van der Waals surface area (Å²) in [6.45, 7) is 1.70. The van der Waals surface area contributed by atoms with E-state index in [1.807, 2.05) is 48.5 Å². The number of nitrogens with one attached hydrogen (secondary N) is 5. The van der Waals surface area contributed by atoms with E-state index in [4.69, 9.17) is 17.2 Å². The Morgan fingerprint density at radius 1 is 0.778 bits per heavy atom. The van der Waals surface area contributed by atoms with Gasteiger partial charge in [-0.15, -0.1) is 0 Å². The number of nitrogens with zero attached hydrogens (tertiary/aromatic N) is 1. The van der Waals surface area contributed by atoms with Crippen LogP contribution < -0.4 is 33.2 Å². The molecule has 14 heteroatoms. The number of aliphatic imine (C=N–C) groups is 1. The average molecular weight is 618 g/mol. The van der Waals surface area contributed by atoms with Crippen LogP contribution in [-0.2, 0) is 32.0 Å². The van der Waals surface area contributed by atoms with Crippen molar-refractivity contribution in [3.63, 3.8) is 0 Å². The summed E-state index contributed by atoms with van der Waals surface area (Å²) in [4.78, 5) is 62.3. The minimum Gasteiger partial charge on any atom is -0.480 e. The van der Waals surface area contributed by atoms with Crippen LogP contribution in [0.5, 0.6) is 0 Å². The van der Waals surface area contributed by atoms with E-state index >= 15 is 0 Å². The second kappa shape index (κ2) is 14.9. The summed E-state index contributed by atoms with van der Waals surface area (Å²) in [5.74, 6) is -3.23. The van der Waals surface area contributed by atoms with Crippen molar-refractivity contribution in [1.82, 2.24) is 25.9 Å². The van der Waals surface area contributed by atoms with E-state index < -0.39 is 47.9 Å². The molecular formula is C31H39N9O5. The van der Waals surface area contributed by atoms with Gasteiger partial charge in [0.15, 0.2) is 5.96 Å². The molecule has 0 aliphatic heterocycles. The topological polar surface area (TPSA) is 247 Å². The molecule has 4 unspecified atom stereocenters. The quantitative estimate of drug-likeness (QED) is 0.0511. The number of hydrogen-bond donors (Lipinski definition) is 9. The molecule has 14 nitrogen and oxygen atoms in total. The number of amides is 3. The number of para-hydroxylation sites is 2. The monoisotopic (exact) mass is 617 g/mol. The summed E-state index contributed by atoms with van der Waals surface area (Å²) >= 11 is 0.